The van der Waals surface area contributed by atoms with E-state index in [0.29, 0.717) is 22.9 Å². The van der Waals surface area contributed by atoms with Crippen molar-refractivity contribution < 1.29 is 9.53 Å². The Morgan fingerprint density at radius 1 is 1.15 bits per heavy atom. The van der Waals surface area contributed by atoms with Crippen molar-refractivity contribution in [3.63, 3.8) is 0 Å². The average Bonchev–Trinajstić information content (AvgIpc) is 2.70. The van der Waals surface area contributed by atoms with Crippen molar-refractivity contribution in [3.05, 3.63) is 53.1 Å². The van der Waals surface area contributed by atoms with Gasteiger partial charge in [0.2, 0.25) is 5.91 Å². The van der Waals surface area contributed by atoms with Crippen LogP contribution in [-0.2, 0) is 4.79 Å². The lowest BCUT2D eigenvalue weighted by Crippen LogP contribution is -2.47. The number of halogens is 1. The number of anilines is 2. The third-order valence-corrected chi connectivity index (χ3v) is 5.31. The second-order valence-corrected chi connectivity index (χ2v) is 7.17. The Bertz CT molecular complexity index is 774. The highest BCUT2D eigenvalue weighted by molar-refractivity contribution is 6.31. The van der Waals surface area contributed by atoms with E-state index in [-0.39, 0.29) is 5.91 Å². The molecule has 1 fully saturated rings. The summed E-state index contributed by atoms with van der Waals surface area (Å²) in [5.74, 6) is 0.566. The molecular formula is C21H26ClN3O2. The minimum atomic E-state index is -0.0134. The molecule has 0 unspecified atom stereocenters. The fourth-order valence-corrected chi connectivity index (χ4v) is 3.42. The molecule has 1 aliphatic rings. The van der Waals surface area contributed by atoms with Gasteiger partial charge in [-0.3, -0.25) is 9.69 Å². The molecule has 5 nitrogen and oxygen atoms in total. The van der Waals surface area contributed by atoms with Gasteiger partial charge in [-0.2, -0.15) is 0 Å². The van der Waals surface area contributed by atoms with Crippen molar-refractivity contribution in [2.45, 2.75) is 13.3 Å². The Balaban J connectivity index is 1.47. The highest BCUT2D eigenvalue weighted by atomic mass is 35.5. The molecule has 1 aliphatic heterocycles. The van der Waals surface area contributed by atoms with Gasteiger partial charge in [0.05, 0.1) is 12.8 Å². The highest BCUT2D eigenvalue weighted by Crippen LogP contribution is 2.31. The van der Waals surface area contributed by atoms with Crippen molar-refractivity contribution in [3.8, 4) is 5.75 Å². The summed E-state index contributed by atoms with van der Waals surface area (Å²) < 4.78 is 5.32. The summed E-state index contributed by atoms with van der Waals surface area (Å²) in [7, 11) is 1.57. The van der Waals surface area contributed by atoms with Crippen LogP contribution in [0.2, 0.25) is 5.02 Å². The topological polar surface area (TPSA) is 44.8 Å². The van der Waals surface area contributed by atoms with E-state index in [1.807, 2.05) is 19.1 Å². The van der Waals surface area contributed by atoms with Crippen LogP contribution in [0, 0.1) is 6.92 Å². The van der Waals surface area contributed by atoms with Crippen molar-refractivity contribution in [2.24, 2.45) is 0 Å². The van der Waals surface area contributed by atoms with E-state index in [4.69, 9.17) is 16.3 Å². The molecule has 27 heavy (non-hydrogen) atoms. The fourth-order valence-electron chi connectivity index (χ4n) is 3.27. The molecular weight excluding hydrogens is 362 g/mol. The van der Waals surface area contributed by atoms with Gasteiger partial charge in [-0.05, 0) is 30.7 Å². The number of hydrogen-bond acceptors (Lipinski definition) is 4. The number of methoxy groups -OCH3 is 1. The van der Waals surface area contributed by atoms with E-state index in [9.17, 15) is 4.79 Å². The number of amides is 1. The van der Waals surface area contributed by atoms with Gasteiger partial charge in [0.1, 0.15) is 5.75 Å². The zero-order valence-corrected chi connectivity index (χ0v) is 16.6. The van der Waals surface area contributed by atoms with E-state index < -0.39 is 0 Å². The smallest absolute Gasteiger partial charge is 0.225 e. The molecule has 0 atom stereocenters. The first kappa shape index (κ1) is 19.5. The van der Waals surface area contributed by atoms with Crippen LogP contribution < -0.4 is 15.0 Å². The van der Waals surface area contributed by atoms with E-state index in [2.05, 4.69) is 39.4 Å². The number of para-hydroxylation sites is 1. The van der Waals surface area contributed by atoms with Gasteiger partial charge in [-0.15, -0.1) is 0 Å². The van der Waals surface area contributed by atoms with Crippen LogP contribution in [0.15, 0.2) is 42.5 Å². The van der Waals surface area contributed by atoms with Crippen molar-refractivity contribution in [2.75, 3.05) is 50.1 Å². The molecule has 3 rings (SSSR count). The molecule has 0 aromatic heterocycles. The molecule has 0 saturated carbocycles. The first-order valence-electron chi connectivity index (χ1n) is 9.23. The number of carbonyl (C=O) groups excluding carboxylic acids is 1. The molecule has 2 aromatic rings. The van der Waals surface area contributed by atoms with Gasteiger partial charge in [0, 0.05) is 55.9 Å². The molecule has 6 heteroatoms. The average molecular weight is 388 g/mol. The van der Waals surface area contributed by atoms with Crippen LogP contribution in [0.5, 0.6) is 5.75 Å². The maximum Gasteiger partial charge on any atom is 0.225 e. The number of rotatable bonds is 6. The van der Waals surface area contributed by atoms with Gasteiger partial charge in [0.15, 0.2) is 0 Å². The largest absolute Gasteiger partial charge is 0.495 e. The van der Waals surface area contributed by atoms with Crippen LogP contribution in [0.1, 0.15) is 12.0 Å². The standard InChI is InChI=1S/C21H26ClN3O2/c1-16-14-19(20(27-2)15-18(16)22)23-21(26)8-9-24-10-12-25(13-11-24)17-6-4-3-5-7-17/h3-7,14-15H,8-13H2,1-2H3,(H,23,26). The quantitative estimate of drug-likeness (QED) is 0.818. The van der Waals surface area contributed by atoms with E-state index in [1.165, 1.54) is 5.69 Å². The maximum absolute atomic E-state index is 12.4. The Morgan fingerprint density at radius 3 is 2.52 bits per heavy atom. The Kier molecular flexibility index (Phi) is 6.58. The highest BCUT2D eigenvalue weighted by Gasteiger charge is 2.18. The molecule has 1 amide bonds. The van der Waals surface area contributed by atoms with Gasteiger partial charge in [0.25, 0.3) is 0 Å². The number of nitrogens with zero attached hydrogens (tertiary/aromatic N) is 2. The molecule has 144 valence electrons. The van der Waals surface area contributed by atoms with E-state index >= 15 is 0 Å². The van der Waals surface area contributed by atoms with Crippen LogP contribution in [0.3, 0.4) is 0 Å². The van der Waals surface area contributed by atoms with Crippen LogP contribution in [-0.4, -0.2) is 50.6 Å². The normalized spacial score (nSPS) is 14.9. The SMILES string of the molecule is COc1cc(Cl)c(C)cc1NC(=O)CCN1CCN(c2ccccc2)CC1. The Hall–Kier alpha value is -2.24. The summed E-state index contributed by atoms with van der Waals surface area (Å²) >= 11 is 6.12. The lowest BCUT2D eigenvalue weighted by molar-refractivity contribution is -0.116. The minimum Gasteiger partial charge on any atom is -0.495 e. The third-order valence-electron chi connectivity index (χ3n) is 4.90. The van der Waals surface area contributed by atoms with Crippen molar-refractivity contribution in [1.82, 2.24) is 4.90 Å². The minimum absolute atomic E-state index is 0.0134. The first-order chi connectivity index (χ1) is 13.1. The lowest BCUT2D eigenvalue weighted by Gasteiger charge is -2.36. The zero-order chi connectivity index (χ0) is 19.2. The maximum atomic E-state index is 12.4. The number of carbonyl (C=O) groups is 1. The summed E-state index contributed by atoms with van der Waals surface area (Å²) in [4.78, 5) is 17.1. The first-order valence-corrected chi connectivity index (χ1v) is 9.61. The second-order valence-electron chi connectivity index (χ2n) is 6.76. The van der Waals surface area contributed by atoms with Gasteiger partial charge in [-0.25, -0.2) is 0 Å². The molecule has 0 bridgehead atoms. The second kappa shape index (κ2) is 9.11. The third kappa shape index (κ3) is 5.15. The zero-order valence-electron chi connectivity index (χ0n) is 15.9. The summed E-state index contributed by atoms with van der Waals surface area (Å²) in [6.45, 7) is 6.55. The molecule has 1 N–H and O–H groups in total. The van der Waals surface area contributed by atoms with Crippen LogP contribution >= 0.6 is 11.6 Å². The Morgan fingerprint density at radius 2 is 1.85 bits per heavy atom. The predicted molar refractivity (Wildman–Crippen MR) is 111 cm³/mol. The molecule has 2 aromatic carbocycles. The van der Waals surface area contributed by atoms with Crippen molar-refractivity contribution >= 4 is 28.9 Å². The summed E-state index contributed by atoms with van der Waals surface area (Å²) in [6.07, 6.45) is 0.455. The lowest BCUT2D eigenvalue weighted by atomic mass is 10.2. The van der Waals surface area contributed by atoms with E-state index in [0.717, 1.165) is 38.3 Å². The summed E-state index contributed by atoms with van der Waals surface area (Å²) in [5, 5.41) is 3.57. The summed E-state index contributed by atoms with van der Waals surface area (Å²) in [5.41, 5.74) is 2.84. The number of nitrogens with one attached hydrogen (secondary N) is 1. The molecule has 0 aliphatic carbocycles. The van der Waals surface area contributed by atoms with E-state index in [1.54, 1.807) is 13.2 Å². The molecule has 1 saturated heterocycles. The van der Waals surface area contributed by atoms with Crippen LogP contribution in [0.25, 0.3) is 0 Å². The number of benzene rings is 2. The number of piperazine rings is 1. The predicted octanol–water partition coefficient (Wildman–Crippen LogP) is 3.81. The van der Waals surface area contributed by atoms with Gasteiger partial charge in [-0.1, -0.05) is 29.8 Å². The van der Waals surface area contributed by atoms with Crippen molar-refractivity contribution in [1.29, 1.82) is 0 Å². The number of hydrogen-bond donors (Lipinski definition) is 1. The molecule has 0 radical (unpaired) electrons. The summed E-state index contributed by atoms with van der Waals surface area (Å²) in [6, 6.07) is 14.0. The number of ether oxygens (including phenoxy) is 1. The van der Waals surface area contributed by atoms with Crippen LogP contribution in [0.4, 0.5) is 11.4 Å². The monoisotopic (exact) mass is 387 g/mol. The van der Waals surface area contributed by atoms with Gasteiger partial charge >= 0.3 is 0 Å². The molecule has 0 spiro atoms. The molecule has 1 heterocycles. The number of aryl methyl sites for hydroxylation is 1. The van der Waals surface area contributed by atoms with Gasteiger partial charge < -0.3 is 15.0 Å². The Labute approximate surface area is 165 Å². The fraction of sp³-hybridized carbons (Fsp3) is 0.381.